The third-order valence-corrected chi connectivity index (χ3v) is 6.36. The molecule has 0 spiro atoms. The Labute approximate surface area is 188 Å². The SMILES string of the molecule is CCCCc1ccc(C#Cc2ccc(CCC3CCC(OCC)CC3)cc2C#N)cc1. The van der Waals surface area contributed by atoms with Crippen molar-refractivity contribution in [2.75, 3.05) is 6.61 Å². The Morgan fingerprint density at radius 2 is 1.61 bits per heavy atom. The average Bonchev–Trinajstić information content (AvgIpc) is 2.82. The predicted octanol–water partition coefficient (Wildman–Crippen LogP) is 6.83. The molecule has 2 aromatic rings. The van der Waals surface area contributed by atoms with E-state index in [-0.39, 0.29) is 0 Å². The van der Waals surface area contributed by atoms with E-state index in [2.05, 4.69) is 62.1 Å². The summed E-state index contributed by atoms with van der Waals surface area (Å²) in [6.45, 7) is 5.12. The summed E-state index contributed by atoms with van der Waals surface area (Å²) in [7, 11) is 0. The molecule has 162 valence electrons. The van der Waals surface area contributed by atoms with E-state index in [1.54, 1.807) is 0 Å². The summed E-state index contributed by atoms with van der Waals surface area (Å²) in [4.78, 5) is 0. The lowest BCUT2D eigenvalue weighted by molar-refractivity contribution is 0.0248. The molecule has 1 saturated carbocycles. The summed E-state index contributed by atoms with van der Waals surface area (Å²) in [6.07, 6.45) is 11.2. The van der Waals surface area contributed by atoms with Gasteiger partial charge in [-0.15, -0.1) is 0 Å². The molecule has 0 radical (unpaired) electrons. The Kier molecular flexibility index (Phi) is 9.20. The molecule has 2 heteroatoms. The summed E-state index contributed by atoms with van der Waals surface area (Å²) >= 11 is 0. The maximum atomic E-state index is 9.62. The lowest BCUT2D eigenvalue weighted by Crippen LogP contribution is -2.21. The number of hydrogen-bond acceptors (Lipinski definition) is 2. The van der Waals surface area contributed by atoms with Gasteiger partial charge in [-0.2, -0.15) is 5.26 Å². The molecule has 0 aromatic heterocycles. The molecular formula is C29H35NO. The van der Waals surface area contributed by atoms with Crippen molar-refractivity contribution >= 4 is 0 Å². The molecule has 1 fully saturated rings. The van der Waals surface area contributed by atoms with Crippen LogP contribution in [0.2, 0.25) is 0 Å². The van der Waals surface area contributed by atoms with Gasteiger partial charge in [0.05, 0.1) is 11.7 Å². The Morgan fingerprint density at radius 1 is 0.871 bits per heavy atom. The molecule has 1 aliphatic rings. The van der Waals surface area contributed by atoms with Gasteiger partial charge in [0.2, 0.25) is 0 Å². The topological polar surface area (TPSA) is 33.0 Å². The Hall–Kier alpha value is -2.55. The highest BCUT2D eigenvalue weighted by Gasteiger charge is 2.21. The van der Waals surface area contributed by atoms with Crippen molar-refractivity contribution in [3.63, 3.8) is 0 Å². The lowest BCUT2D eigenvalue weighted by atomic mass is 9.83. The standard InChI is InChI=1S/C29H35NO/c1-3-5-6-23-7-9-24(10-8-23)13-17-27-18-14-26(21-28(27)22-30)12-11-25-15-19-29(20-16-25)31-4-2/h7-10,14,18,21,25,29H,3-6,11-12,15-16,19-20H2,1-2H3. The number of nitrogens with zero attached hydrogens (tertiary/aromatic N) is 1. The van der Waals surface area contributed by atoms with Gasteiger partial charge in [0, 0.05) is 17.7 Å². The Morgan fingerprint density at radius 3 is 2.29 bits per heavy atom. The second kappa shape index (κ2) is 12.3. The molecule has 3 rings (SSSR count). The highest BCUT2D eigenvalue weighted by atomic mass is 16.5. The minimum atomic E-state index is 0.469. The second-order valence-corrected chi connectivity index (χ2v) is 8.68. The zero-order valence-corrected chi connectivity index (χ0v) is 19.1. The van der Waals surface area contributed by atoms with Crippen molar-refractivity contribution < 1.29 is 4.74 Å². The van der Waals surface area contributed by atoms with Crippen molar-refractivity contribution in [3.05, 3.63) is 70.3 Å². The minimum absolute atomic E-state index is 0.469. The van der Waals surface area contributed by atoms with Crippen molar-refractivity contribution in [1.29, 1.82) is 5.26 Å². The number of nitriles is 1. The van der Waals surface area contributed by atoms with Crippen LogP contribution in [0.5, 0.6) is 0 Å². The van der Waals surface area contributed by atoms with E-state index in [9.17, 15) is 5.26 Å². The highest BCUT2D eigenvalue weighted by Crippen LogP contribution is 2.29. The van der Waals surface area contributed by atoms with Gasteiger partial charge in [0.25, 0.3) is 0 Å². The van der Waals surface area contributed by atoms with E-state index in [0.717, 1.165) is 36.5 Å². The van der Waals surface area contributed by atoms with Crippen LogP contribution in [0.1, 0.15) is 86.6 Å². The molecule has 2 aromatic carbocycles. The molecule has 0 unspecified atom stereocenters. The van der Waals surface area contributed by atoms with Crippen molar-refractivity contribution in [3.8, 4) is 17.9 Å². The van der Waals surface area contributed by atoms with Crippen LogP contribution in [-0.4, -0.2) is 12.7 Å². The van der Waals surface area contributed by atoms with Crippen molar-refractivity contribution in [2.24, 2.45) is 5.92 Å². The van der Waals surface area contributed by atoms with Crippen LogP contribution in [0.3, 0.4) is 0 Å². The van der Waals surface area contributed by atoms with Crippen LogP contribution in [0.25, 0.3) is 0 Å². The number of rotatable bonds is 8. The second-order valence-electron chi connectivity index (χ2n) is 8.68. The fraction of sp³-hybridized carbons (Fsp3) is 0.483. The van der Waals surface area contributed by atoms with Gasteiger partial charge in [-0.3, -0.25) is 0 Å². The molecular weight excluding hydrogens is 378 g/mol. The molecule has 0 atom stereocenters. The van der Waals surface area contributed by atoms with E-state index in [0.29, 0.717) is 11.7 Å². The maximum absolute atomic E-state index is 9.62. The molecule has 1 aliphatic carbocycles. The zero-order chi connectivity index (χ0) is 21.9. The fourth-order valence-electron chi connectivity index (χ4n) is 4.42. The first kappa shape index (κ1) is 23.1. The highest BCUT2D eigenvalue weighted by molar-refractivity contribution is 5.52. The minimum Gasteiger partial charge on any atom is -0.379 e. The van der Waals surface area contributed by atoms with E-state index in [1.807, 2.05) is 12.1 Å². The Balaban J connectivity index is 1.57. The summed E-state index contributed by atoms with van der Waals surface area (Å²) in [5.41, 5.74) is 5.11. The predicted molar refractivity (Wildman–Crippen MR) is 128 cm³/mol. The van der Waals surface area contributed by atoms with Gasteiger partial charge < -0.3 is 4.74 Å². The summed E-state index contributed by atoms with van der Waals surface area (Å²) in [5, 5.41) is 9.62. The number of ether oxygens (including phenoxy) is 1. The van der Waals surface area contributed by atoms with E-state index in [4.69, 9.17) is 4.74 Å². The fourth-order valence-corrected chi connectivity index (χ4v) is 4.42. The van der Waals surface area contributed by atoms with E-state index < -0.39 is 0 Å². The first-order chi connectivity index (χ1) is 15.2. The molecule has 31 heavy (non-hydrogen) atoms. The normalized spacial score (nSPS) is 18.1. The number of benzene rings is 2. The smallest absolute Gasteiger partial charge is 0.100 e. The summed E-state index contributed by atoms with van der Waals surface area (Å²) in [5.74, 6) is 7.21. The molecule has 0 aliphatic heterocycles. The van der Waals surface area contributed by atoms with Crippen molar-refractivity contribution in [1.82, 2.24) is 0 Å². The lowest BCUT2D eigenvalue weighted by Gasteiger charge is -2.28. The average molecular weight is 414 g/mol. The van der Waals surface area contributed by atoms with Gasteiger partial charge in [-0.1, -0.05) is 43.4 Å². The number of hydrogen-bond donors (Lipinski definition) is 0. The molecule has 0 saturated heterocycles. The first-order valence-electron chi connectivity index (χ1n) is 12.0. The van der Waals surface area contributed by atoms with Crippen LogP contribution in [0.4, 0.5) is 0 Å². The van der Waals surface area contributed by atoms with Crippen molar-refractivity contribution in [2.45, 2.75) is 77.7 Å². The quantitative estimate of drug-likeness (QED) is 0.444. The largest absolute Gasteiger partial charge is 0.379 e. The third kappa shape index (κ3) is 7.27. The molecule has 0 amide bonds. The van der Waals surface area contributed by atoms with Gasteiger partial charge in [-0.25, -0.2) is 0 Å². The first-order valence-corrected chi connectivity index (χ1v) is 12.0. The van der Waals surface area contributed by atoms with Gasteiger partial charge in [0.15, 0.2) is 0 Å². The number of unbranched alkanes of at least 4 members (excludes halogenated alkanes) is 1. The van der Waals surface area contributed by atoms with Crippen LogP contribution < -0.4 is 0 Å². The molecule has 0 heterocycles. The summed E-state index contributed by atoms with van der Waals surface area (Å²) in [6, 6.07) is 17.0. The van der Waals surface area contributed by atoms with Crippen LogP contribution in [0, 0.1) is 29.1 Å². The molecule has 2 nitrogen and oxygen atoms in total. The van der Waals surface area contributed by atoms with Crippen LogP contribution in [-0.2, 0) is 17.6 Å². The van der Waals surface area contributed by atoms with Gasteiger partial charge in [0.1, 0.15) is 6.07 Å². The monoisotopic (exact) mass is 413 g/mol. The zero-order valence-electron chi connectivity index (χ0n) is 19.1. The van der Waals surface area contributed by atoms with E-state index in [1.165, 1.54) is 56.1 Å². The van der Waals surface area contributed by atoms with Gasteiger partial charge >= 0.3 is 0 Å². The Bertz CT molecular complexity index is 918. The third-order valence-electron chi connectivity index (χ3n) is 6.36. The van der Waals surface area contributed by atoms with Crippen LogP contribution in [0.15, 0.2) is 42.5 Å². The summed E-state index contributed by atoms with van der Waals surface area (Å²) < 4.78 is 5.76. The van der Waals surface area contributed by atoms with Gasteiger partial charge in [-0.05, 0) is 99.6 Å². The van der Waals surface area contributed by atoms with Crippen LogP contribution >= 0.6 is 0 Å². The molecule has 0 bridgehead atoms. The molecule has 0 N–H and O–H groups in total. The maximum Gasteiger partial charge on any atom is 0.100 e. The number of aryl methyl sites for hydroxylation is 2. The van der Waals surface area contributed by atoms with E-state index >= 15 is 0 Å².